The fourth-order valence-corrected chi connectivity index (χ4v) is 3.29. The van der Waals surface area contributed by atoms with Gasteiger partial charge in [-0.25, -0.2) is 0 Å². The van der Waals surface area contributed by atoms with E-state index in [2.05, 4.69) is 0 Å². The number of amides is 1. The molecular formula is C14H23NO3. The van der Waals surface area contributed by atoms with Gasteiger partial charge in [0, 0.05) is 19.5 Å². The van der Waals surface area contributed by atoms with Crippen molar-refractivity contribution in [3.63, 3.8) is 0 Å². The summed E-state index contributed by atoms with van der Waals surface area (Å²) >= 11 is 0. The zero-order valence-corrected chi connectivity index (χ0v) is 11.2. The summed E-state index contributed by atoms with van der Waals surface area (Å²) in [6.45, 7) is 2.93. The summed E-state index contributed by atoms with van der Waals surface area (Å²) in [5.74, 6) is -0.0430. The molecule has 0 radical (unpaired) electrons. The Kier molecular flexibility index (Phi) is 3.93. The Balaban J connectivity index is 1.91. The van der Waals surface area contributed by atoms with Crippen molar-refractivity contribution in [3.05, 3.63) is 0 Å². The van der Waals surface area contributed by atoms with Crippen LogP contribution in [-0.2, 0) is 9.59 Å². The average Bonchev–Trinajstić information content (AvgIpc) is 2.97. The number of carboxylic acids is 1. The SMILES string of the molecule is CCC1(C(=O)O)CCN(C(=O)CC2CCCC2)C1. The lowest BCUT2D eigenvalue weighted by atomic mass is 9.84. The third-order valence-corrected chi connectivity index (χ3v) is 4.77. The summed E-state index contributed by atoms with van der Waals surface area (Å²) in [6, 6.07) is 0. The molecule has 1 aliphatic carbocycles. The van der Waals surface area contributed by atoms with Crippen molar-refractivity contribution >= 4 is 11.9 Å². The highest BCUT2D eigenvalue weighted by molar-refractivity contribution is 5.80. The maximum absolute atomic E-state index is 12.2. The minimum absolute atomic E-state index is 0.165. The fraction of sp³-hybridized carbons (Fsp3) is 0.857. The lowest BCUT2D eigenvalue weighted by Gasteiger charge is -2.23. The van der Waals surface area contributed by atoms with Crippen molar-refractivity contribution in [2.24, 2.45) is 11.3 Å². The first-order valence-corrected chi connectivity index (χ1v) is 7.08. The first kappa shape index (κ1) is 13.4. The van der Waals surface area contributed by atoms with E-state index in [1.54, 1.807) is 4.90 Å². The van der Waals surface area contributed by atoms with Crippen LogP contribution in [0, 0.1) is 11.3 Å². The largest absolute Gasteiger partial charge is 0.481 e. The van der Waals surface area contributed by atoms with Crippen LogP contribution in [-0.4, -0.2) is 35.0 Å². The molecule has 0 aromatic rings. The highest BCUT2D eigenvalue weighted by Gasteiger charge is 2.44. The van der Waals surface area contributed by atoms with Gasteiger partial charge < -0.3 is 10.0 Å². The van der Waals surface area contributed by atoms with Crippen LogP contribution in [0.4, 0.5) is 0 Å². The van der Waals surface area contributed by atoms with Crippen LogP contribution in [0.25, 0.3) is 0 Å². The Bertz CT molecular complexity index is 336. The monoisotopic (exact) mass is 253 g/mol. The number of hydrogen-bond donors (Lipinski definition) is 1. The van der Waals surface area contributed by atoms with Gasteiger partial charge in [-0.2, -0.15) is 0 Å². The molecule has 1 saturated carbocycles. The van der Waals surface area contributed by atoms with Gasteiger partial charge in [0.15, 0.2) is 0 Å². The van der Waals surface area contributed by atoms with Gasteiger partial charge in [0.2, 0.25) is 5.91 Å². The molecule has 1 unspecified atom stereocenters. The van der Waals surface area contributed by atoms with E-state index >= 15 is 0 Å². The first-order chi connectivity index (χ1) is 8.57. The van der Waals surface area contributed by atoms with Crippen molar-refractivity contribution in [2.45, 2.75) is 51.9 Å². The molecule has 1 aliphatic heterocycles. The van der Waals surface area contributed by atoms with Gasteiger partial charge in [-0.1, -0.05) is 19.8 Å². The predicted molar refractivity (Wildman–Crippen MR) is 68.1 cm³/mol. The molecule has 2 rings (SSSR count). The molecule has 4 heteroatoms. The lowest BCUT2D eigenvalue weighted by Crippen LogP contribution is -2.36. The average molecular weight is 253 g/mol. The van der Waals surface area contributed by atoms with Gasteiger partial charge >= 0.3 is 5.97 Å². The van der Waals surface area contributed by atoms with Gasteiger partial charge in [0.05, 0.1) is 5.41 Å². The van der Waals surface area contributed by atoms with Gasteiger partial charge in [-0.3, -0.25) is 9.59 Å². The molecule has 0 aromatic carbocycles. The second-order valence-electron chi connectivity index (χ2n) is 5.86. The van der Waals surface area contributed by atoms with E-state index in [0.717, 1.165) is 12.8 Å². The van der Waals surface area contributed by atoms with E-state index in [9.17, 15) is 14.7 Å². The van der Waals surface area contributed by atoms with Gasteiger partial charge in [-0.05, 0) is 31.6 Å². The molecule has 102 valence electrons. The highest BCUT2D eigenvalue weighted by atomic mass is 16.4. The number of carbonyl (C=O) groups is 2. The Hall–Kier alpha value is -1.06. The van der Waals surface area contributed by atoms with E-state index in [1.807, 2.05) is 6.92 Å². The number of rotatable bonds is 4. The number of carbonyl (C=O) groups excluding carboxylic acids is 1. The zero-order valence-electron chi connectivity index (χ0n) is 11.2. The van der Waals surface area contributed by atoms with Crippen LogP contribution in [0.3, 0.4) is 0 Å². The van der Waals surface area contributed by atoms with Crippen molar-refractivity contribution in [1.29, 1.82) is 0 Å². The molecule has 0 bridgehead atoms. The molecule has 4 nitrogen and oxygen atoms in total. The minimum atomic E-state index is -0.749. The standard InChI is InChI=1S/C14H23NO3/c1-2-14(13(17)18)7-8-15(10-14)12(16)9-11-5-3-4-6-11/h11H,2-10H2,1H3,(H,17,18). The van der Waals surface area contributed by atoms with Crippen LogP contribution in [0.15, 0.2) is 0 Å². The minimum Gasteiger partial charge on any atom is -0.481 e. The molecular weight excluding hydrogens is 230 g/mol. The van der Waals surface area contributed by atoms with Crippen molar-refractivity contribution in [1.82, 2.24) is 4.90 Å². The molecule has 1 heterocycles. The topological polar surface area (TPSA) is 57.6 Å². The molecule has 1 atom stereocenters. The van der Waals surface area contributed by atoms with E-state index in [-0.39, 0.29) is 5.91 Å². The maximum atomic E-state index is 12.2. The van der Waals surface area contributed by atoms with Crippen molar-refractivity contribution in [2.75, 3.05) is 13.1 Å². The van der Waals surface area contributed by atoms with Gasteiger partial charge in [0.1, 0.15) is 0 Å². The number of hydrogen-bond acceptors (Lipinski definition) is 2. The van der Waals surface area contributed by atoms with Crippen LogP contribution in [0.1, 0.15) is 51.9 Å². The van der Waals surface area contributed by atoms with Crippen molar-refractivity contribution in [3.8, 4) is 0 Å². The van der Waals surface area contributed by atoms with Gasteiger partial charge in [0.25, 0.3) is 0 Å². The quantitative estimate of drug-likeness (QED) is 0.836. The smallest absolute Gasteiger partial charge is 0.311 e. The Morgan fingerprint density at radius 3 is 2.50 bits per heavy atom. The second-order valence-corrected chi connectivity index (χ2v) is 5.86. The van der Waals surface area contributed by atoms with E-state index in [4.69, 9.17) is 0 Å². The first-order valence-electron chi connectivity index (χ1n) is 7.08. The summed E-state index contributed by atoms with van der Waals surface area (Å²) in [7, 11) is 0. The van der Waals surface area contributed by atoms with Crippen LogP contribution in [0.2, 0.25) is 0 Å². The normalized spacial score (nSPS) is 28.8. The molecule has 2 aliphatic rings. The molecule has 18 heavy (non-hydrogen) atoms. The zero-order chi connectivity index (χ0) is 13.2. The number of nitrogens with zero attached hydrogens (tertiary/aromatic N) is 1. The maximum Gasteiger partial charge on any atom is 0.311 e. The molecule has 1 amide bonds. The Labute approximate surface area is 108 Å². The summed E-state index contributed by atoms with van der Waals surface area (Å²) in [6.07, 6.45) is 6.65. The molecule has 2 fully saturated rings. The third-order valence-electron chi connectivity index (χ3n) is 4.77. The Morgan fingerprint density at radius 1 is 1.33 bits per heavy atom. The van der Waals surface area contributed by atoms with Crippen molar-refractivity contribution < 1.29 is 14.7 Å². The summed E-state index contributed by atoms with van der Waals surface area (Å²) < 4.78 is 0. The summed E-state index contributed by atoms with van der Waals surface area (Å²) in [5.41, 5.74) is -0.689. The molecule has 0 aromatic heterocycles. The van der Waals surface area contributed by atoms with Crippen LogP contribution >= 0.6 is 0 Å². The Morgan fingerprint density at radius 2 is 2.00 bits per heavy atom. The number of carboxylic acid groups (broad SMARTS) is 1. The van der Waals surface area contributed by atoms with E-state index in [1.165, 1.54) is 12.8 Å². The highest BCUT2D eigenvalue weighted by Crippen LogP contribution is 2.35. The number of aliphatic carboxylic acids is 1. The molecule has 1 N–H and O–H groups in total. The fourth-order valence-electron chi connectivity index (χ4n) is 3.29. The molecule has 1 saturated heterocycles. The van der Waals surface area contributed by atoms with Crippen LogP contribution in [0.5, 0.6) is 0 Å². The van der Waals surface area contributed by atoms with E-state index in [0.29, 0.717) is 38.3 Å². The molecule has 0 spiro atoms. The van der Waals surface area contributed by atoms with Gasteiger partial charge in [-0.15, -0.1) is 0 Å². The lowest BCUT2D eigenvalue weighted by molar-refractivity contribution is -0.148. The summed E-state index contributed by atoms with van der Waals surface area (Å²) in [5, 5.41) is 9.31. The second kappa shape index (κ2) is 5.29. The summed E-state index contributed by atoms with van der Waals surface area (Å²) in [4.78, 5) is 25.3. The predicted octanol–water partition coefficient (Wildman–Crippen LogP) is 2.28. The third kappa shape index (κ3) is 2.52. The van der Waals surface area contributed by atoms with Crippen LogP contribution < -0.4 is 0 Å². The number of likely N-dealkylation sites (tertiary alicyclic amines) is 1. The van der Waals surface area contributed by atoms with E-state index < -0.39 is 11.4 Å².